The van der Waals surface area contributed by atoms with Crippen LogP contribution in [0.25, 0.3) is 0 Å². The summed E-state index contributed by atoms with van der Waals surface area (Å²) in [6.07, 6.45) is 4.08. The number of hydrogen-bond acceptors (Lipinski definition) is 2. The van der Waals surface area contributed by atoms with Crippen molar-refractivity contribution < 1.29 is 9.59 Å². The Bertz CT molecular complexity index is 620. The zero-order valence-electron chi connectivity index (χ0n) is 14.5. The molecule has 1 atom stereocenters. The highest BCUT2D eigenvalue weighted by Gasteiger charge is 2.44. The second-order valence-corrected chi connectivity index (χ2v) is 7.71. The van der Waals surface area contributed by atoms with Crippen molar-refractivity contribution in [1.29, 1.82) is 0 Å². The minimum atomic E-state index is -0.860. The molecule has 2 saturated heterocycles. The molecule has 0 aromatic heterocycles. The van der Waals surface area contributed by atoms with Crippen molar-refractivity contribution in [3.05, 3.63) is 34.9 Å². The Balaban J connectivity index is 1.68. The molecule has 2 fully saturated rings. The molecule has 0 saturated carbocycles. The molecule has 2 N–H and O–H groups in total. The van der Waals surface area contributed by atoms with Gasteiger partial charge in [0.15, 0.2) is 0 Å². The number of quaternary nitrogens is 1. The quantitative estimate of drug-likeness (QED) is 0.637. The van der Waals surface area contributed by atoms with Crippen LogP contribution in [0.1, 0.15) is 38.2 Å². The highest BCUT2D eigenvalue weighted by Crippen LogP contribution is 2.31. The molecule has 3 nitrogen and oxygen atoms in total. The van der Waals surface area contributed by atoms with E-state index in [0.717, 1.165) is 55.6 Å². The first-order valence-electron chi connectivity index (χ1n) is 9.13. The van der Waals surface area contributed by atoms with E-state index in [1.807, 2.05) is 24.3 Å². The monoisotopic (exact) mass is 347 g/mol. The van der Waals surface area contributed by atoms with Gasteiger partial charge in [-0.05, 0) is 38.1 Å². The summed E-state index contributed by atoms with van der Waals surface area (Å²) in [5.41, 5.74) is 0.00986. The molecule has 4 heteroatoms. The third-order valence-electron chi connectivity index (χ3n) is 5.88. The first-order valence-corrected chi connectivity index (χ1v) is 9.51. The molecule has 1 aromatic rings. The number of likely N-dealkylation sites (tertiary alicyclic amines) is 1. The first kappa shape index (κ1) is 17.8. The van der Waals surface area contributed by atoms with Crippen molar-refractivity contribution in [2.24, 2.45) is 0 Å². The molecule has 3 rings (SSSR count). The molecule has 0 aliphatic carbocycles. The van der Waals surface area contributed by atoms with Gasteiger partial charge >= 0.3 is 0 Å². The van der Waals surface area contributed by atoms with Crippen LogP contribution < -0.4 is 5.32 Å². The summed E-state index contributed by atoms with van der Waals surface area (Å²) in [6.45, 7) is 7.73. The number of aliphatic hydroxyl groups is 1. The highest BCUT2D eigenvalue weighted by atomic mass is 35.5. The molecule has 0 spiro atoms. The van der Waals surface area contributed by atoms with Crippen LogP contribution in [-0.2, 0) is 0 Å². The van der Waals surface area contributed by atoms with E-state index >= 15 is 0 Å². The molecule has 0 bridgehead atoms. The van der Waals surface area contributed by atoms with E-state index in [1.54, 1.807) is 0 Å². The number of nitrogens with one attached hydrogen (secondary N) is 1. The molecular formula is C20H28ClN2O+. The van der Waals surface area contributed by atoms with Crippen LogP contribution in [0.3, 0.4) is 0 Å². The number of rotatable bonds is 2. The van der Waals surface area contributed by atoms with Crippen LogP contribution in [0, 0.1) is 11.8 Å². The van der Waals surface area contributed by atoms with Gasteiger partial charge in [0.1, 0.15) is 11.6 Å². The molecule has 1 aromatic carbocycles. The molecule has 2 aliphatic heterocycles. The number of nitrogens with zero attached hydrogens (tertiary/aromatic N) is 1. The summed E-state index contributed by atoms with van der Waals surface area (Å²) < 4.78 is 1.13. The third kappa shape index (κ3) is 3.95. The summed E-state index contributed by atoms with van der Waals surface area (Å²) in [6, 6.07) is 8.21. The van der Waals surface area contributed by atoms with Gasteiger partial charge in [0.25, 0.3) is 0 Å². The number of likely N-dealkylation sites (N-methyl/N-ethyl adjacent to an activating group) is 1. The van der Waals surface area contributed by atoms with Gasteiger partial charge in [0.05, 0.1) is 19.6 Å². The highest BCUT2D eigenvalue weighted by molar-refractivity contribution is 6.30. The summed E-state index contributed by atoms with van der Waals surface area (Å²) in [7, 11) is 0. The van der Waals surface area contributed by atoms with Crippen LogP contribution >= 0.6 is 11.6 Å². The van der Waals surface area contributed by atoms with E-state index < -0.39 is 5.60 Å². The Morgan fingerprint density at radius 1 is 1.38 bits per heavy atom. The van der Waals surface area contributed by atoms with Crippen molar-refractivity contribution in [3.8, 4) is 11.8 Å². The third-order valence-corrected chi connectivity index (χ3v) is 6.12. The van der Waals surface area contributed by atoms with Crippen molar-refractivity contribution in [1.82, 2.24) is 5.32 Å². The topological polar surface area (TPSA) is 32.3 Å². The molecule has 2 aliphatic rings. The second-order valence-electron chi connectivity index (χ2n) is 7.27. The van der Waals surface area contributed by atoms with Gasteiger partial charge in [-0.3, -0.25) is 0 Å². The van der Waals surface area contributed by atoms with Crippen LogP contribution in [-0.4, -0.2) is 54.0 Å². The van der Waals surface area contributed by atoms with E-state index in [1.165, 1.54) is 12.8 Å². The van der Waals surface area contributed by atoms with Crippen LogP contribution in [0.4, 0.5) is 0 Å². The molecule has 0 amide bonds. The average molecular weight is 348 g/mol. The maximum atomic E-state index is 10.9. The Hall–Kier alpha value is -1.05. The maximum Gasteiger partial charge on any atom is 0.136 e. The standard InChI is InChI=1S/C20H28ClN2O/c1-2-23(19-7-4-12-22-16-19)13-10-20(24,11-14-23)9-8-17-5-3-6-18(21)15-17/h3,5-6,15,19,22,24H,2,4,7,10-14,16H2,1H3/q+1. The zero-order chi connectivity index (χ0) is 17.0. The van der Waals surface area contributed by atoms with E-state index in [4.69, 9.17) is 11.6 Å². The summed E-state index contributed by atoms with van der Waals surface area (Å²) >= 11 is 6.00. The number of hydrogen-bond donors (Lipinski definition) is 2. The second kappa shape index (κ2) is 7.45. The predicted molar refractivity (Wildman–Crippen MR) is 98.9 cm³/mol. The lowest BCUT2D eigenvalue weighted by Gasteiger charge is -2.50. The molecule has 0 radical (unpaired) electrons. The van der Waals surface area contributed by atoms with E-state index in [-0.39, 0.29) is 0 Å². The van der Waals surface area contributed by atoms with Crippen LogP contribution in [0.2, 0.25) is 5.02 Å². The Morgan fingerprint density at radius 3 is 2.79 bits per heavy atom. The minimum Gasteiger partial charge on any atom is -0.377 e. The van der Waals surface area contributed by atoms with Gasteiger partial charge in [-0.15, -0.1) is 0 Å². The number of piperidine rings is 2. The maximum absolute atomic E-state index is 10.9. The SMILES string of the molecule is CC[N+]1(C2CCCNC2)CCC(O)(C#Cc2cccc(Cl)c2)CC1. The average Bonchev–Trinajstić information content (AvgIpc) is 2.62. The predicted octanol–water partition coefficient (Wildman–Crippen LogP) is 2.81. The molecule has 2 heterocycles. The Labute approximate surface area is 150 Å². The van der Waals surface area contributed by atoms with Gasteiger partial charge < -0.3 is 14.9 Å². The normalized spacial score (nSPS) is 33.5. The number of halogens is 1. The zero-order valence-corrected chi connectivity index (χ0v) is 15.3. The fourth-order valence-corrected chi connectivity index (χ4v) is 4.36. The van der Waals surface area contributed by atoms with E-state index in [2.05, 4.69) is 24.1 Å². The summed E-state index contributed by atoms with van der Waals surface area (Å²) in [5.74, 6) is 6.24. The lowest BCUT2D eigenvalue weighted by Crippen LogP contribution is -2.65. The van der Waals surface area contributed by atoms with Crippen LogP contribution in [0.5, 0.6) is 0 Å². The molecule has 1 unspecified atom stereocenters. The van der Waals surface area contributed by atoms with Crippen molar-refractivity contribution >= 4 is 11.6 Å². The Kier molecular flexibility index (Phi) is 5.52. The van der Waals surface area contributed by atoms with Crippen LogP contribution in [0.15, 0.2) is 24.3 Å². The van der Waals surface area contributed by atoms with Gasteiger partial charge in [0, 0.05) is 36.4 Å². The van der Waals surface area contributed by atoms with Gasteiger partial charge in [0.2, 0.25) is 0 Å². The van der Waals surface area contributed by atoms with Gasteiger partial charge in [-0.2, -0.15) is 0 Å². The fourth-order valence-electron chi connectivity index (χ4n) is 4.17. The lowest BCUT2D eigenvalue weighted by atomic mass is 9.87. The molecule has 130 valence electrons. The number of benzene rings is 1. The molecule has 24 heavy (non-hydrogen) atoms. The van der Waals surface area contributed by atoms with Crippen molar-refractivity contribution in [2.75, 3.05) is 32.7 Å². The lowest BCUT2D eigenvalue weighted by molar-refractivity contribution is -0.955. The van der Waals surface area contributed by atoms with Gasteiger partial charge in [-0.1, -0.05) is 29.5 Å². The smallest absolute Gasteiger partial charge is 0.136 e. The fraction of sp³-hybridized carbons (Fsp3) is 0.600. The molecular weight excluding hydrogens is 320 g/mol. The summed E-state index contributed by atoms with van der Waals surface area (Å²) in [4.78, 5) is 0. The minimum absolute atomic E-state index is 0.684. The Morgan fingerprint density at radius 2 is 2.17 bits per heavy atom. The van der Waals surface area contributed by atoms with Crippen molar-refractivity contribution in [3.63, 3.8) is 0 Å². The van der Waals surface area contributed by atoms with E-state index in [0.29, 0.717) is 11.1 Å². The van der Waals surface area contributed by atoms with Gasteiger partial charge in [-0.25, -0.2) is 0 Å². The van der Waals surface area contributed by atoms with E-state index in [9.17, 15) is 5.11 Å². The first-order chi connectivity index (χ1) is 11.6. The largest absolute Gasteiger partial charge is 0.377 e. The summed E-state index contributed by atoms with van der Waals surface area (Å²) in [5, 5.41) is 15.1. The van der Waals surface area contributed by atoms with Crippen molar-refractivity contribution in [2.45, 2.75) is 44.2 Å².